The summed E-state index contributed by atoms with van der Waals surface area (Å²) in [6.07, 6.45) is 4.90. The quantitative estimate of drug-likeness (QED) is 0.503. The third-order valence-corrected chi connectivity index (χ3v) is 4.24. The summed E-state index contributed by atoms with van der Waals surface area (Å²) in [5, 5.41) is 6.21. The predicted molar refractivity (Wildman–Crippen MR) is 98.0 cm³/mol. The highest BCUT2D eigenvalue weighted by Gasteiger charge is 2.07. The normalized spacial score (nSPS) is 10.4. The van der Waals surface area contributed by atoms with Crippen LogP contribution in [0.1, 0.15) is 37.0 Å². The number of unbranched alkanes of at least 4 members (excludes halogenated alkanes) is 2. The molecule has 0 saturated heterocycles. The fourth-order valence-electron chi connectivity index (χ4n) is 2.17. The number of aryl methyl sites for hydroxylation is 1. The van der Waals surface area contributed by atoms with Crippen LogP contribution in [0, 0.1) is 6.92 Å². The highest BCUT2D eigenvalue weighted by Crippen LogP contribution is 2.18. The third-order valence-electron chi connectivity index (χ3n) is 3.41. The SMILES string of the molecule is Cc1cnc(NC(=O)CCCCCC(=O)Nc2ccccc2N)s1. The largest absolute Gasteiger partial charge is 0.397 e. The highest BCUT2D eigenvalue weighted by molar-refractivity contribution is 7.15. The first-order chi connectivity index (χ1) is 11.5. The molecule has 0 bridgehead atoms. The number of anilines is 3. The van der Waals surface area contributed by atoms with Gasteiger partial charge >= 0.3 is 0 Å². The summed E-state index contributed by atoms with van der Waals surface area (Å²) in [7, 11) is 0. The molecule has 4 N–H and O–H groups in total. The maximum atomic E-state index is 11.9. The Labute approximate surface area is 145 Å². The van der Waals surface area contributed by atoms with Gasteiger partial charge in [0.1, 0.15) is 0 Å². The Bertz CT molecular complexity index is 699. The van der Waals surface area contributed by atoms with Gasteiger partial charge in [0.2, 0.25) is 11.8 Å². The minimum atomic E-state index is -0.0596. The molecule has 2 rings (SSSR count). The van der Waals surface area contributed by atoms with Crippen molar-refractivity contribution in [2.75, 3.05) is 16.4 Å². The lowest BCUT2D eigenvalue weighted by atomic mass is 10.1. The lowest BCUT2D eigenvalue weighted by Crippen LogP contribution is -2.13. The Morgan fingerprint density at radius 1 is 1.08 bits per heavy atom. The van der Waals surface area contributed by atoms with Crippen LogP contribution in [0.4, 0.5) is 16.5 Å². The Morgan fingerprint density at radius 3 is 2.38 bits per heavy atom. The number of nitrogens with zero attached hydrogens (tertiary/aromatic N) is 1. The number of carbonyl (C=O) groups excluding carboxylic acids is 2. The topological polar surface area (TPSA) is 97.1 Å². The number of nitrogen functional groups attached to an aromatic ring is 1. The molecule has 1 aromatic carbocycles. The van der Waals surface area contributed by atoms with Gasteiger partial charge in [0.25, 0.3) is 0 Å². The summed E-state index contributed by atoms with van der Waals surface area (Å²) in [6, 6.07) is 7.17. The van der Waals surface area contributed by atoms with Crippen molar-refractivity contribution in [3.8, 4) is 0 Å². The molecule has 0 radical (unpaired) electrons. The standard InChI is InChI=1S/C17H22N4O2S/c1-12-11-19-17(24-12)21-16(23)10-4-2-3-9-15(22)20-14-8-6-5-7-13(14)18/h5-8,11H,2-4,9-10,18H2,1H3,(H,20,22)(H,19,21,23). The van der Waals surface area contributed by atoms with Crippen molar-refractivity contribution in [2.24, 2.45) is 0 Å². The number of hydrogen-bond donors (Lipinski definition) is 3. The van der Waals surface area contributed by atoms with Crippen molar-refractivity contribution in [1.29, 1.82) is 0 Å². The molecule has 128 valence electrons. The molecule has 7 heteroatoms. The molecule has 24 heavy (non-hydrogen) atoms. The molecule has 2 amide bonds. The number of nitrogens with two attached hydrogens (primary N) is 1. The van der Waals surface area contributed by atoms with Crippen molar-refractivity contribution in [3.63, 3.8) is 0 Å². The van der Waals surface area contributed by atoms with Crippen LogP contribution in [-0.2, 0) is 9.59 Å². The number of para-hydroxylation sites is 2. The number of benzene rings is 1. The van der Waals surface area contributed by atoms with E-state index < -0.39 is 0 Å². The van der Waals surface area contributed by atoms with Gasteiger partial charge in [-0.1, -0.05) is 18.6 Å². The van der Waals surface area contributed by atoms with Gasteiger partial charge in [-0.3, -0.25) is 9.59 Å². The monoisotopic (exact) mass is 346 g/mol. The molecule has 1 aromatic heterocycles. The van der Waals surface area contributed by atoms with E-state index in [-0.39, 0.29) is 11.8 Å². The molecule has 2 aromatic rings. The molecule has 6 nitrogen and oxygen atoms in total. The van der Waals surface area contributed by atoms with E-state index in [1.807, 2.05) is 19.1 Å². The molecule has 0 fully saturated rings. The Hall–Kier alpha value is -2.41. The fourth-order valence-corrected chi connectivity index (χ4v) is 2.85. The van der Waals surface area contributed by atoms with Gasteiger partial charge in [0.15, 0.2) is 5.13 Å². The van der Waals surface area contributed by atoms with Crippen molar-refractivity contribution in [2.45, 2.75) is 39.0 Å². The summed E-state index contributed by atoms with van der Waals surface area (Å²) in [6.45, 7) is 1.95. The first-order valence-corrected chi connectivity index (χ1v) is 8.73. The van der Waals surface area contributed by atoms with Crippen LogP contribution in [0.2, 0.25) is 0 Å². The molecule has 0 atom stereocenters. The Morgan fingerprint density at radius 2 is 1.75 bits per heavy atom. The zero-order valence-electron chi connectivity index (χ0n) is 13.7. The minimum Gasteiger partial charge on any atom is -0.397 e. The summed E-state index contributed by atoms with van der Waals surface area (Å²) < 4.78 is 0. The lowest BCUT2D eigenvalue weighted by Gasteiger charge is -2.07. The second kappa shape index (κ2) is 9.02. The lowest BCUT2D eigenvalue weighted by molar-refractivity contribution is -0.116. The Balaban J connectivity index is 1.58. The van der Waals surface area contributed by atoms with E-state index in [4.69, 9.17) is 5.73 Å². The summed E-state index contributed by atoms with van der Waals surface area (Å²) in [5.41, 5.74) is 6.97. The molecule has 0 aliphatic heterocycles. The maximum Gasteiger partial charge on any atom is 0.226 e. The molecule has 0 saturated carbocycles. The minimum absolute atomic E-state index is 0.0362. The molecule has 0 aliphatic carbocycles. The van der Waals surface area contributed by atoms with Crippen LogP contribution in [0.3, 0.4) is 0 Å². The van der Waals surface area contributed by atoms with Gasteiger partial charge in [0.05, 0.1) is 11.4 Å². The first-order valence-electron chi connectivity index (χ1n) is 7.91. The zero-order valence-corrected chi connectivity index (χ0v) is 14.5. The molecule has 0 spiro atoms. The predicted octanol–water partition coefficient (Wildman–Crippen LogP) is 3.56. The van der Waals surface area contributed by atoms with Crippen molar-refractivity contribution in [3.05, 3.63) is 35.3 Å². The molecule has 0 unspecified atom stereocenters. The summed E-state index contributed by atoms with van der Waals surface area (Å²) in [4.78, 5) is 28.8. The Kier molecular flexibility index (Phi) is 6.74. The van der Waals surface area contributed by atoms with Crippen LogP contribution >= 0.6 is 11.3 Å². The third kappa shape index (κ3) is 6.00. The van der Waals surface area contributed by atoms with Crippen molar-refractivity contribution < 1.29 is 9.59 Å². The van der Waals surface area contributed by atoms with Gasteiger partial charge in [-0.05, 0) is 31.9 Å². The van der Waals surface area contributed by atoms with Crippen LogP contribution < -0.4 is 16.4 Å². The average Bonchev–Trinajstić information content (AvgIpc) is 2.94. The number of carbonyl (C=O) groups is 2. The number of nitrogens with one attached hydrogen (secondary N) is 2. The summed E-state index contributed by atoms with van der Waals surface area (Å²) >= 11 is 1.46. The van der Waals surface area contributed by atoms with E-state index in [9.17, 15) is 9.59 Å². The van der Waals surface area contributed by atoms with E-state index >= 15 is 0 Å². The van der Waals surface area contributed by atoms with E-state index in [1.54, 1.807) is 18.3 Å². The van der Waals surface area contributed by atoms with Gasteiger partial charge in [-0.2, -0.15) is 0 Å². The second-order valence-corrected chi connectivity index (χ2v) is 6.76. The van der Waals surface area contributed by atoms with Crippen LogP contribution in [0.5, 0.6) is 0 Å². The van der Waals surface area contributed by atoms with Crippen LogP contribution in [0.25, 0.3) is 0 Å². The fraction of sp³-hybridized carbons (Fsp3) is 0.353. The van der Waals surface area contributed by atoms with E-state index in [0.717, 1.165) is 24.1 Å². The number of amides is 2. The molecular formula is C17H22N4O2S. The van der Waals surface area contributed by atoms with Gasteiger partial charge in [-0.25, -0.2) is 4.98 Å². The number of hydrogen-bond acceptors (Lipinski definition) is 5. The molecule has 1 heterocycles. The number of thiazole rings is 1. The average molecular weight is 346 g/mol. The van der Waals surface area contributed by atoms with Gasteiger partial charge in [-0.15, -0.1) is 11.3 Å². The number of aromatic nitrogens is 1. The van der Waals surface area contributed by atoms with Crippen LogP contribution in [0.15, 0.2) is 30.5 Å². The number of rotatable bonds is 8. The molecular weight excluding hydrogens is 324 g/mol. The first kappa shape index (κ1) is 17.9. The smallest absolute Gasteiger partial charge is 0.226 e. The summed E-state index contributed by atoms with van der Waals surface area (Å²) in [5.74, 6) is -0.0959. The maximum absolute atomic E-state index is 11.9. The highest BCUT2D eigenvalue weighted by atomic mass is 32.1. The van der Waals surface area contributed by atoms with Crippen molar-refractivity contribution in [1.82, 2.24) is 4.98 Å². The zero-order chi connectivity index (χ0) is 17.4. The van der Waals surface area contributed by atoms with Gasteiger partial charge in [0, 0.05) is 23.9 Å². The molecule has 0 aliphatic rings. The van der Waals surface area contributed by atoms with E-state index in [0.29, 0.717) is 29.3 Å². The van der Waals surface area contributed by atoms with Crippen molar-refractivity contribution >= 4 is 39.7 Å². The second-order valence-electron chi connectivity index (χ2n) is 5.52. The van der Waals surface area contributed by atoms with Gasteiger partial charge < -0.3 is 16.4 Å². The van der Waals surface area contributed by atoms with E-state index in [1.165, 1.54) is 11.3 Å². The van der Waals surface area contributed by atoms with E-state index in [2.05, 4.69) is 15.6 Å². The van der Waals surface area contributed by atoms with Crippen LogP contribution in [-0.4, -0.2) is 16.8 Å².